The van der Waals surface area contributed by atoms with Gasteiger partial charge in [0.15, 0.2) is 0 Å². The first kappa shape index (κ1) is 16.7. The van der Waals surface area contributed by atoms with Gasteiger partial charge in [0.25, 0.3) is 0 Å². The average Bonchev–Trinajstić information content (AvgIpc) is 1.00. The fourth-order valence-corrected chi connectivity index (χ4v) is 0. The quantitative estimate of drug-likeness (QED) is 0.589. The first-order valence-electron chi connectivity index (χ1n) is 0.143. The molecule has 0 spiro atoms. The van der Waals surface area contributed by atoms with Crippen molar-refractivity contribution in [2.24, 2.45) is 0 Å². The minimum absolute atomic E-state index is 0. The van der Waals surface area contributed by atoms with Crippen LogP contribution in [0.1, 0.15) is 0 Å². The largest absolute Gasteiger partial charge is 0 e. The van der Waals surface area contributed by atoms with E-state index in [0.29, 0.717) is 0 Å². The van der Waals surface area contributed by atoms with Crippen LogP contribution in [0, 0.1) is 0 Å². The Morgan fingerprint density at radius 1 is 1.00 bits per heavy atom. The van der Waals surface area contributed by atoms with Crippen LogP contribution in [-0.4, -0.2) is 0 Å². The van der Waals surface area contributed by atoms with Crippen LogP contribution < -0.4 is 0 Å². The first-order chi connectivity index (χ1) is 1.00. The van der Waals surface area contributed by atoms with Crippen molar-refractivity contribution >= 4 is 28.3 Å². The molecule has 0 rings (SSSR count). The van der Waals surface area contributed by atoms with E-state index in [0.717, 1.165) is 0 Å². The number of halogens is 2. The van der Waals surface area contributed by atoms with Gasteiger partial charge in [-0.1, -0.05) is 0 Å². The molecule has 0 aromatic rings. The van der Waals surface area contributed by atoms with Crippen molar-refractivity contribution in [1.29, 1.82) is 0 Å². The SMILES string of the molecule is BrBr.[Co].[Mn]. The molecule has 2 radical (unpaired) electrons. The normalized spacial score (nSPS) is 1.50. The first-order valence-corrected chi connectivity index (χ1v) is 3.86. The molecule has 0 saturated heterocycles. The van der Waals surface area contributed by atoms with E-state index in [1.54, 1.807) is 0 Å². The molecule has 0 aliphatic carbocycles. The smallest absolute Gasteiger partial charge is 0 e. The Morgan fingerprint density at radius 3 is 1.00 bits per heavy atom. The molecule has 0 amide bonds. The van der Waals surface area contributed by atoms with Gasteiger partial charge in [0.1, 0.15) is 0 Å². The van der Waals surface area contributed by atoms with Crippen LogP contribution in [0.4, 0.5) is 0 Å². The van der Waals surface area contributed by atoms with E-state index < -0.39 is 0 Å². The zero-order valence-electron chi connectivity index (χ0n) is 1.47. The molecule has 0 N–H and O–H groups in total. The van der Waals surface area contributed by atoms with Crippen molar-refractivity contribution in [1.82, 2.24) is 0 Å². The number of hydrogen-bond acceptors (Lipinski definition) is 0. The van der Waals surface area contributed by atoms with E-state index in [9.17, 15) is 0 Å². The number of hydrogen-bond donors (Lipinski definition) is 0. The minimum atomic E-state index is 0. The molecule has 0 nitrogen and oxygen atoms in total. The predicted octanol–water partition coefficient (Wildman–Crippen LogP) is 1.69. The summed E-state index contributed by atoms with van der Waals surface area (Å²) in [4.78, 5) is 0. The third-order valence-corrected chi connectivity index (χ3v) is 0. The topological polar surface area (TPSA) is 0 Å². The Labute approximate surface area is 61.6 Å². The maximum Gasteiger partial charge on any atom is 0 e. The van der Waals surface area contributed by atoms with E-state index in [1.165, 1.54) is 0 Å². The summed E-state index contributed by atoms with van der Waals surface area (Å²) in [7, 11) is 0. The van der Waals surface area contributed by atoms with Crippen LogP contribution in [0.3, 0.4) is 0 Å². The van der Waals surface area contributed by atoms with E-state index in [4.69, 9.17) is 0 Å². The summed E-state index contributed by atoms with van der Waals surface area (Å²) in [6.45, 7) is 0. The third-order valence-electron chi connectivity index (χ3n) is 0. The molecule has 0 atom stereocenters. The van der Waals surface area contributed by atoms with Gasteiger partial charge in [-0.3, -0.25) is 0 Å². The Bertz CT molecular complexity index is 6.00. The predicted molar refractivity (Wildman–Crippen MR) is 17.9 cm³/mol. The van der Waals surface area contributed by atoms with Crippen LogP contribution in [-0.2, 0) is 33.8 Å². The molecule has 4 heavy (non-hydrogen) atoms. The molecule has 0 heterocycles. The van der Waals surface area contributed by atoms with Gasteiger partial charge in [-0.25, -0.2) is 0 Å². The summed E-state index contributed by atoms with van der Waals surface area (Å²) >= 11 is 5.50. The summed E-state index contributed by atoms with van der Waals surface area (Å²) in [6.07, 6.45) is 0. The average molecular weight is 274 g/mol. The summed E-state index contributed by atoms with van der Waals surface area (Å²) < 4.78 is 0. The molecule has 0 saturated carbocycles. The van der Waals surface area contributed by atoms with Gasteiger partial charge in [0.05, 0.1) is 0 Å². The van der Waals surface area contributed by atoms with Gasteiger partial charge in [0.2, 0.25) is 0 Å². The van der Waals surface area contributed by atoms with Crippen molar-refractivity contribution in [3.8, 4) is 0 Å². The Morgan fingerprint density at radius 2 is 1.00 bits per heavy atom. The Hall–Kier alpha value is 1.99. The van der Waals surface area contributed by atoms with E-state index in [1.807, 2.05) is 0 Å². The van der Waals surface area contributed by atoms with Crippen molar-refractivity contribution in [3.63, 3.8) is 0 Å². The zero-order chi connectivity index (χ0) is 2.00. The van der Waals surface area contributed by atoms with E-state index in [2.05, 4.69) is 28.3 Å². The molecule has 0 bridgehead atoms. The van der Waals surface area contributed by atoms with Crippen molar-refractivity contribution in [2.75, 3.05) is 0 Å². The van der Waals surface area contributed by atoms with E-state index in [-0.39, 0.29) is 33.8 Å². The second-order valence-electron chi connectivity index (χ2n) is 0. The fraction of sp³-hybridized carbons (Fsp3) is 0. The maximum atomic E-state index is 2.75. The van der Waals surface area contributed by atoms with Gasteiger partial charge in [-0.2, -0.15) is 0 Å². The van der Waals surface area contributed by atoms with Gasteiger partial charge in [-0.15, -0.1) is 0 Å². The van der Waals surface area contributed by atoms with Crippen LogP contribution in [0.2, 0.25) is 0 Å². The molecule has 30 valence electrons. The molecule has 0 aromatic carbocycles. The molecule has 0 aliphatic rings. The molecule has 4 heteroatoms. The summed E-state index contributed by atoms with van der Waals surface area (Å²) in [6, 6.07) is 0. The van der Waals surface area contributed by atoms with Gasteiger partial charge in [-0.05, 0) is 0 Å². The minimum Gasteiger partial charge on any atom is 0 e. The van der Waals surface area contributed by atoms with Crippen molar-refractivity contribution < 1.29 is 33.8 Å². The third kappa shape index (κ3) is 9.01. The van der Waals surface area contributed by atoms with Gasteiger partial charge in [0, 0.05) is 62.1 Å². The summed E-state index contributed by atoms with van der Waals surface area (Å²) in [5.74, 6) is 0. The standard InChI is InChI=1S/Br2.Co.Mn/c1-2;;. The van der Waals surface area contributed by atoms with Crippen LogP contribution >= 0.6 is 28.3 Å². The van der Waals surface area contributed by atoms with Gasteiger partial charge >= 0.3 is 0 Å². The fourth-order valence-electron chi connectivity index (χ4n) is 0. The Kier molecular flexibility index (Phi) is 83.8. The molecule has 0 aromatic heterocycles. The van der Waals surface area contributed by atoms with Crippen LogP contribution in [0.5, 0.6) is 0 Å². The monoisotopic (exact) mass is 272 g/mol. The zero-order valence-corrected chi connectivity index (χ0v) is 6.86. The second kappa shape index (κ2) is 20.1. The van der Waals surface area contributed by atoms with Crippen molar-refractivity contribution in [3.05, 3.63) is 0 Å². The van der Waals surface area contributed by atoms with Gasteiger partial charge < -0.3 is 0 Å². The van der Waals surface area contributed by atoms with E-state index >= 15 is 0 Å². The summed E-state index contributed by atoms with van der Waals surface area (Å²) in [5, 5.41) is 0. The molecular formula is Br2CoMn. The van der Waals surface area contributed by atoms with Crippen molar-refractivity contribution in [2.45, 2.75) is 0 Å². The number of rotatable bonds is 0. The van der Waals surface area contributed by atoms with Crippen LogP contribution in [0.25, 0.3) is 0 Å². The Balaban J connectivity index is -0.00000000500. The molecule has 0 unspecified atom stereocenters. The van der Waals surface area contributed by atoms with Crippen LogP contribution in [0.15, 0.2) is 0 Å². The second-order valence-corrected chi connectivity index (χ2v) is 0. The molecule has 0 aliphatic heterocycles. The molecular weight excluding hydrogens is 274 g/mol. The summed E-state index contributed by atoms with van der Waals surface area (Å²) in [5.41, 5.74) is 0. The molecule has 0 fully saturated rings. The maximum absolute atomic E-state index is 2.75.